The Bertz CT molecular complexity index is 852. The average Bonchev–Trinajstić information content (AvgIpc) is 2.79. The van der Waals surface area contributed by atoms with Crippen LogP contribution in [0.25, 0.3) is 6.08 Å². The maximum atomic E-state index is 12.5. The van der Waals surface area contributed by atoms with E-state index in [0.29, 0.717) is 20.5 Å². The normalized spacial score (nSPS) is 16.3. The van der Waals surface area contributed by atoms with Crippen LogP contribution < -0.4 is 0 Å². The molecule has 1 fully saturated rings. The largest absolute Gasteiger partial charge is 0.293 e. The van der Waals surface area contributed by atoms with Crippen molar-refractivity contribution in [3.63, 3.8) is 0 Å². The molecule has 2 aromatic carbocycles. The van der Waals surface area contributed by atoms with Crippen molar-refractivity contribution in [2.24, 2.45) is 0 Å². The van der Waals surface area contributed by atoms with Crippen molar-refractivity contribution in [2.45, 2.75) is 6.54 Å². The number of carbonyl (C=O) groups excluding carboxylic acids is 2. The molecule has 0 saturated carbocycles. The summed E-state index contributed by atoms with van der Waals surface area (Å²) < 4.78 is 0.949. The van der Waals surface area contributed by atoms with E-state index in [1.807, 2.05) is 24.3 Å². The van der Waals surface area contributed by atoms with E-state index in [9.17, 15) is 9.59 Å². The quantitative estimate of drug-likeness (QED) is 0.547. The van der Waals surface area contributed by atoms with E-state index in [1.54, 1.807) is 24.3 Å². The minimum absolute atomic E-state index is 0.123. The topological polar surface area (TPSA) is 37.4 Å². The molecule has 7 heteroatoms. The first kappa shape index (κ1) is 17.5. The van der Waals surface area contributed by atoms with E-state index in [0.717, 1.165) is 21.8 Å². The van der Waals surface area contributed by atoms with Crippen LogP contribution >= 0.6 is 50.9 Å². The molecule has 1 saturated heterocycles. The summed E-state index contributed by atoms with van der Waals surface area (Å²) in [4.78, 5) is 26.3. The summed E-state index contributed by atoms with van der Waals surface area (Å²) in [5.74, 6) is -0.320. The summed E-state index contributed by atoms with van der Waals surface area (Å²) in [5.41, 5.74) is 1.53. The Kier molecular flexibility index (Phi) is 5.35. The molecule has 0 aliphatic carbocycles. The Labute approximate surface area is 161 Å². The molecule has 1 heterocycles. The van der Waals surface area contributed by atoms with Gasteiger partial charge < -0.3 is 0 Å². The van der Waals surface area contributed by atoms with Crippen molar-refractivity contribution in [1.29, 1.82) is 0 Å². The summed E-state index contributed by atoms with van der Waals surface area (Å²) in [6, 6.07) is 12.5. The van der Waals surface area contributed by atoms with Crippen LogP contribution in [0.1, 0.15) is 11.1 Å². The van der Waals surface area contributed by atoms with Crippen molar-refractivity contribution < 1.29 is 9.59 Å². The lowest BCUT2D eigenvalue weighted by atomic mass is 10.2. The predicted octanol–water partition coefficient (Wildman–Crippen LogP) is 5.99. The molecule has 122 valence electrons. The highest BCUT2D eigenvalue weighted by molar-refractivity contribution is 9.10. The van der Waals surface area contributed by atoms with Gasteiger partial charge in [-0.3, -0.25) is 14.5 Å². The second-order valence-electron chi connectivity index (χ2n) is 5.06. The Morgan fingerprint density at radius 2 is 1.79 bits per heavy atom. The molecular formula is C17H10BrCl2NO2S. The number of thioether (sulfide) groups is 1. The van der Waals surface area contributed by atoms with Gasteiger partial charge >= 0.3 is 0 Å². The van der Waals surface area contributed by atoms with Crippen molar-refractivity contribution in [2.75, 3.05) is 0 Å². The number of amides is 2. The number of hydrogen-bond donors (Lipinski definition) is 0. The van der Waals surface area contributed by atoms with Gasteiger partial charge in [0.15, 0.2) is 0 Å². The van der Waals surface area contributed by atoms with Crippen LogP contribution in [-0.2, 0) is 11.3 Å². The number of benzene rings is 2. The number of rotatable bonds is 3. The summed E-state index contributed by atoms with van der Waals surface area (Å²) in [6.45, 7) is 0.123. The third-order valence-electron chi connectivity index (χ3n) is 3.38. The monoisotopic (exact) mass is 441 g/mol. The SMILES string of the molecule is O=C1S/C(=C/c2ccc(Br)cc2)C(=O)N1Cc1ccc(Cl)cc1Cl. The highest BCUT2D eigenvalue weighted by atomic mass is 79.9. The molecule has 0 radical (unpaired) electrons. The minimum atomic E-state index is -0.320. The smallest absolute Gasteiger partial charge is 0.268 e. The van der Waals surface area contributed by atoms with Gasteiger partial charge in [-0.1, -0.05) is 57.3 Å². The summed E-state index contributed by atoms with van der Waals surface area (Å²) >= 11 is 16.3. The number of halogens is 3. The second-order valence-corrected chi connectivity index (χ2v) is 7.81. The molecular weight excluding hydrogens is 433 g/mol. The van der Waals surface area contributed by atoms with Crippen molar-refractivity contribution in [1.82, 2.24) is 4.90 Å². The zero-order valence-electron chi connectivity index (χ0n) is 12.1. The lowest BCUT2D eigenvalue weighted by Gasteiger charge is -2.13. The molecule has 0 spiro atoms. The lowest BCUT2D eigenvalue weighted by Crippen LogP contribution is -2.27. The molecule has 0 aromatic heterocycles. The number of hydrogen-bond acceptors (Lipinski definition) is 3. The number of carbonyl (C=O) groups is 2. The first-order valence-electron chi connectivity index (χ1n) is 6.89. The maximum Gasteiger partial charge on any atom is 0.293 e. The van der Waals surface area contributed by atoms with Gasteiger partial charge in [0.05, 0.1) is 11.4 Å². The van der Waals surface area contributed by atoms with Crippen LogP contribution in [0.3, 0.4) is 0 Å². The Morgan fingerprint density at radius 1 is 1.08 bits per heavy atom. The van der Waals surface area contributed by atoms with E-state index < -0.39 is 0 Å². The molecule has 0 atom stereocenters. The molecule has 3 rings (SSSR count). The first-order valence-corrected chi connectivity index (χ1v) is 9.25. The third kappa shape index (κ3) is 3.86. The maximum absolute atomic E-state index is 12.5. The minimum Gasteiger partial charge on any atom is -0.268 e. The molecule has 24 heavy (non-hydrogen) atoms. The van der Waals surface area contributed by atoms with Gasteiger partial charge in [-0.15, -0.1) is 0 Å². The summed E-state index contributed by atoms with van der Waals surface area (Å²) in [7, 11) is 0. The lowest BCUT2D eigenvalue weighted by molar-refractivity contribution is -0.123. The van der Waals surface area contributed by atoms with Gasteiger partial charge in [-0.25, -0.2) is 0 Å². The standard InChI is InChI=1S/C17H10BrCl2NO2S/c18-12-4-1-10(2-5-12)7-15-16(22)21(17(23)24-15)9-11-3-6-13(19)8-14(11)20/h1-8H,9H2/b15-7+. The molecule has 2 aromatic rings. The zero-order valence-corrected chi connectivity index (χ0v) is 16.0. The number of imide groups is 1. The van der Waals surface area contributed by atoms with Crippen LogP contribution in [0, 0.1) is 0 Å². The van der Waals surface area contributed by atoms with Crippen LogP contribution in [0.2, 0.25) is 10.0 Å². The highest BCUT2D eigenvalue weighted by Gasteiger charge is 2.35. The van der Waals surface area contributed by atoms with Crippen LogP contribution in [0.5, 0.6) is 0 Å². The van der Waals surface area contributed by atoms with Gasteiger partial charge in [-0.05, 0) is 53.2 Å². The summed E-state index contributed by atoms with van der Waals surface area (Å²) in [6.07, 6.45) is 1.71. The first-order chi connectivity index (χ1) is 11.4. The molecule has 1 aliphatic rings. The van der Waals surface area contributed by atoms with Crippen molar-refractivity contribution in [3.05, 3.63) is 73.0 Å². The predicted molar refractivity (Wildman–Crippen MR) is 102 cm³/mol. The van der Waals surface area contributed by atoms with Crippen molar-refractivity contribution >= 4 is 68.1 Å². The van der Waals surface area contributed by atoms with Crippen LogP contribution in [-0.4, -0.2) is 16.0 Å². The Hall–Kier alpha value is -1.27. The van der Waals surface area contributed by atoms with Gasteiger partial charge in [0.25, 0.3) is 11.1 Å². The molecule has 0 N–H and O–H groups in total. The van der Waals surface area contributed by atoms with E-state index in [2.05, 4.69) is 15.9 Å². The molecule has 0 unspecified atom stereocenters. The van der Waals surface area contributed by atoms with Crippen LogP contribution in [0.4, 0.5) is 4.79 Å². The molecule has 2 amide bonds. The fraction of sp³-hybridized carbons (Fsp3) is 0.0588. The molecule has 0 bridgehead atoms. The molecule has 3 nitrogen and oxygen atoms in total. The third-order valence-corrected chi connectivity index (χ3v) is 5.41. The number of nitrogens with zero attached hydrogens (tertiary/aromatic N) is 1. The van der Waals surface area contributed by atoms with E-state index >= 15 is 0 Å². The Morgan fingerprint density at radius 3 is 2.46 bits per heavy atom. The fourth-order valence-electron chi connectivity index (χ4n) is 2.17. The van der Waals surface area contributed by atoms with Gasteiger partial charge in [0.2, 0.25) is 0 Å². The van der Waals surface area contributed by atoms with E-state index in [-0.39, 0.29) is 17.7 Å². The van der Waals surface area contributed by atoms with Gasteiger partial charge in [0.1, 0.15) is 0 Å². The average molecular weight is 443 g/mol. The van der Waals surface area contributed by atoms with Gasteiger partial charge in [-0.2, -0.15) is 0 Å². The zero-order chi connectivity index (χ0) is 17.3. The fourth-order valence-corrected chi connectivity index (χ4v) is 3.74. The Balaban J connectivity index is 1.82. The highest BCUT2D eigenvalue weighted by Crippen LogP contribution is 2.34. The van der Waals surface area contributed by atoms with Crippen molar-refractivity contribution in [3.8, 4) is 0 Å². The molecule has 1 aliphatic heterocycles. The summed E-state index contributed by atoms with van der Waals surface area (Å²) in [5, 5.41) is 0.626. The van der Waals surface area contributed by atoms with Crippen LogP contribution in [0.15, 0.2) is 51.8 Å². The van der Waals surface area contributed by atoms with Gasteiger partial charge in [0, 0.05) is 14.5 Å². The van der Waals surface area contributed by atoms with E-state index in [1.165, 1.54) is 4.90 Å². The second kappa shape index (κ2) is 7.31. The van der Waals surface area contributed by atoms with E-state index in [4.69, 9.17) is 23.2 Å².